The second-order valence-corrected chi connectivity index (χ2v) is 8.29. The van der Waals surface area contributed by atoms with E-state index in [4.69, 9.17) is 16.3 Å². The Morgan fingerprint density at radius 2 is 1.75 bits per heavy atom. The molecule has 1 heterocycles. The lowest BCUT2D eigenvalue weighted by molar-refractivity contribution is -0.0206. The van der Waals surface area contributed by atoms with Crippen molar-refractivity contribution in [2.75, 3.05) is 32.8 Å². The van der Waals surface area contributed by atoms with Gasteiger partial charge in [-0.3, -0.25) is 4.90 Å². The van der Waals surface area contributed by atoms with E-state index in [1.165, 1.54) is 0 Å². The first-order chi connectivity index (χ1) is 13.0. The van der Waals surface area contributed by atoms with Crippen LogP contribution in [-0.4, -0.2) is 42.9 Å². The van der Waals surface area contributed by atoms with Crippen LogP contribution in [0.4, 0.5) is 0 Å². The van der Waals surface area contributed by atoms with Gasteiger partial charge >= 0.3 is 0 Å². The van der Waals surface area contributed by atoms with E-state index in [0.29, 0.717) is 11.4 Å². The third-order valence-electron chi connectivity index (χ3n) is 5.19. The number of rotatable bonds is 7. The van der Waals surface area contributed by atoms with Gasteiger partial charge in [-0.15, -0.1) is 19.0 Å². The number of hydrogen-bond acceptors (Lipinski definition) is 3. The van der Waals surface area contributed by atoms with Crippen LogP contribution in [-0.2, 0) is 10.3 Å². The largest absolute Gasteiger partial charge is 0.384 e. The highest BCUT2D eigenvalue weighted by molar-refractivity contribution is 9.10. The van der Waals surface area contributed by atoms with Gasteiger partial charge in [0.15, 0.2) is 0 Å². The second kappa shape index (κ2) is 10.8. The van der Waals surface area contributed by atoms with E-state index in [1.807, 2.05) is 48.5 Å². The summed E-state index contributed by atoms with van der Waals surface area (Å²) in [4.78, 5) is 2.36. The smallest absolute Gasteiger partial charge is 0.101 e. The molecule has 1 aliphatic heterocycles. The maximum Gasteiger partial charge on any atom is 0.101 e. The topological polar surface area (TPSA) is 32.7 Å². The number of aliphatic hydroxyl groups is 1. The minimum absolute atomic E-state index is 0. The standard InChI is InChI=1S/C22H25BrClNO2.ClH/c1-2-11-22(26,18-5-7-19(23)8-6-18)21(16-25-12-14-27-15-13-25)17-3-9-20(24)10-4-17;/h2-10,21,26H,1,11-16H2;1H. The van der Waals surface area contributed by atoms with Gasteiger partial charge in [0.2, 0.25) is 0 Å². The van der Waals surface area contributed by atoms with Crippen molar-refractivity contribution in [1.29, 1.82) is 0 Å². The van der Waals surface area contributed by atoms with E-state index in [9.17, 15) is 5.11 Å². The minimum Gasteiger partial charge on any atom is -0.384 e. The summed E-state index contributed by atoms with van der Waals surface area (Å²) >= 11 is 9.59. The quantitative estimate of drug-likeness (QED) is 0.531. The van der Waals surface area contributed by atoms with Gasteiger partial charge in [-0.25, -0.2) is 0 Å². The molecule has 1 N–H and O–H groups in total. The van der Waals surface area contributed by atoms with E-state index in [0.717, 1.165) is 48.4 Å². The van der Waals surface area contributed by atoms with Gasteiger partial charge in [-0.2, -0.15) is 0 Å². The van der Waals surface area contributed by atoms with Crippen LogP contribution in [0, 0.1) is 0 Å². The van der Waals surface area contributed by atoms with Crippen LogP contribution in [0.2, 0.25) is 5.02 Å². The van der Waals surface area contributed by atoms with E-state index >= 15 is 0 Å². The van der Waals surface area contributed by atoms with Crippen molar-refractivity contribution in [1.82, 2.24) is 4.90 Å². The molecule has 0 bridgehead atoms. The summed E-state index contributed by atoms with van der Waals surface area (Å²) in [6.07, 6.45) is 2.26. The average molecular weight is 487 g/mol. The van der Waals surface area contributed by atoms with Crippen molar-refractivity contribution in [3.05, 3.63) is 81.8 Å². The summed E-state index contributed by atoms with van der Waals surface area (Å²) < 4.78 is 6.48. The fourth-order valence-electron chi connectivity index (χ4n) is 3.69. The summed E-state index contributed by atoms with van der Waals surface area (Å²) in [6, 6.07) is 15.7. The van der Waals surface area contributed by atoms with E-state index in [1.54, 1.807) is 6.08 Å². The maximum absolute atomic E-state index is 11.9. The predicted octanol–water partition coefficient (Wildman–Crippen LogP) is 5.40. The molecular weight excluding hydrogens is 461 g/mol. The van der Waals surface area contributed by atoms with Crippen molar-refractivity contribution < 1.29 is 9.84 Å². The Morgan fingerprint density at radius 1 is 1.14 bits per heavy atom. The second-order valence-electron chi connectivity index (χ2n) is 6.94. The number of benzene rings is 2. The Morgan fingerprint density at radius 3 is 2.32 bits per heavy atom. The molecule has 6 heteroatoms. The summed E-state index contributed by atoms with van der Waals surface area (Å²) in [6.45, 7) is 7.84. The highest BCUT2D eigenvalue weighted by Gasteiger charge is 2.39. The van der Waals surface area contributed by atoms with Crippen LogP contribution in [0.1, 0.15) is 23.5 Å². The molecule has 1 fully saturated rings. The number of nitrogens with zero attached hydrogens (tertiary/aromatic N) is 1. The predicted molar refractivity (Wildman–Crippen MR) is 122 cm³/mol. The van der Waals surface area contributed by atoms with Crippen molar-refractivity contribution in [2.24, 2.45) is 0 Å². The number of halogens is 3. The van der Waals surface area contributed by atoms with Crippen molar-refractivity contribution in [2.45, 2.75) is 17.9 Å². The van der Waals surface area contributed by atoms with Gasteiger partial charge in [-0.05, 0) is 41.8 Å². The Bertz CT molecular complexity index is 748. The number of hydrogen-bond donors (Lipinski definition) is 1. The zero-order valence-electron chi connectivity index (χ0n) is 15.7. The zero-order chi connectivity index (χ0) is 19.3. The van der Waals surface area contributed by atoms with Gasteiger partial charge in [-0.1, -0.05) is 57.9 Å². The molecule has 3 nitrogen and oxygen atoms in total. The van der Waals surface area contributed by atoms with Gasteiger partial charge in [0, 0.05) is 35.0 Å². The fraction of sp³-hybridized carbons (Fsp3) is 0.364. The van der Waals surface area contributed by atoms with Gasteiger partial charge < -0.3 is 9.84 Å². The third kappa shape index (κ3) is 5.59. The lowest BCUT2D eigenvalue weighted by Gasteiger charge is -2.40. The number of ether oxygens (including phenoxy) is 1. The lowest BCUT2D eigenvalue weighted by Crippen LogP contribution is -2.44. The maximum atomic E-state index is 11.9. The van der Waals surface area contributed by atoms with E-state index in [-0.39, 0.29) is 18.3 Å². The SMILES string of the molecule is C=CCC(O)(c1ccc(Br)cc1)C(CN1CCOCC1)c1ccc(Cl)cc1.Cl. The Kier molecular flexibility index (Phi) is 9.00. The Labute approximate surface area is 186 Å². The molecule has 0 spiro atoms. The fourth-order valence-corrected chi connectivity index (χ4v) is 4.08. The van der Waals surface area contributed by atoms with E-state index in [2.05, 4.69) is 27.4 Å². The molecule has 28 heavy (non-hydrogen) atoms. The minimum atomic E-state index is -1.06. The molecule has 1 saturated heterocycles. The molecule has 2 aromatic rings. The lowest BCUT2D eigenvalue weighted by atomic mass is 9.75. The molecule has 0 amide bonds. The van der Waals surface area contributed by atoms with Crippen LogP contribution >= 0.6 is 39.9 Å². The molecule has 1 aliphatic rings. The van der Waals surface area contributed by atoms with Crippen LogP contribution in [0.25, 0.3) is 0 Å². The summed E-state index contributed by atoms with van der Waals surface area (Å²) in [7, 11) is 0. The highest BCUT2D eigenvalue weighted by atomic mass is 79.9. The molecule has 2 unspecified atom stereocenters. The van der Waals surface area contributed by atoms with Gasteiger partial charge in [0.25, 0.3) is 0 Å². The molecule has 2 aromatic carbocycles. The van der Waals surface area contributed by atoms with Gasteiger partial charge in [0.1, 0.15) is 5.60 Å². The molecular formula is C22H26BrCl2NO2. The Hall–Kier alpha value is -0.880. The van der Waals surface area contributed by atoms with Crippen LogP contribution < -0.4 is 0 Å². The summed E-state index contributed by atoms with van der Waals surface area (Å²) in [5.74, 6) is -0.118. The monoisotopic (exact) mass is 485 g/mol. The van der Waals surface area contributed by atoms with Crippen molar-refractivity contribution >= 4 is 39.9 Å². The normalized spacial score (nSPS) is 18.0. The number of morpholine rings is 1. The van der Waals surface area contributed by atoms with Crippen LogP contribution in [0.15, 0.2) is 65.7 Å². The first-order valence-electron chi connectivity index (χ1n) is 9.18. The summed E-state index contributed by atoms with van der Waals surface area (Å²) in [5.41, 5.74) is 0.895. The average Bonchev–Trinajstić information content (AvgIpc) is 2.68. The first-order valence-corrected chi connectivity index (χ1v) is 10.3. The molecule has 0 saturated carbocycles. The van der Waals surface area contributed by atoms with Crippen LogP contribution in [0.5, 0.6) is 0 Å². The van der Waals surface area contributed by atoms with E-state index < -0.39 is 5.60 Å². The molecule has 0 aliphatic carbocycles. The molecule has 152 valence electrons. The molecule has 2 atom stereocenters. The highest BCUT2D eigenvalue weighted by Crippen LogP contribution is 2.41. The molecule has 3 rings (SSSR count). The molecule has 0 aromatic heterocycles. The zero-order valence-corrected chi connectivity index (χ0v) is 18.8. The van der Waals surface area contributed by atoms with Crippen molar-refractivity contribution in [3.63, 3.8) is 0 Å². The summed E-state index contributed by atoms with van der Waals surface area (Å²) in [5, 5.41) is 12.6. The third-order valence-corrected chi connectivity index (χ3v) is 5.97. The first kappa shape index (κ1) is 23.4. The van der Waals surface area contributed by atoms with Crippen LogP contribution in [0.3, 0.4) is 0 Å². The van der Waals surface area contributed by atoms with Crippen molar-refractivity contribution in [3.8, 4) is 0 Å². The van der Waals surface area contributed by atoms with Gasteiger partial charge in [0.05, 0.1) is 13.2 Å². The molecule has 0 radical (unpaired) electrons. The Balaban J connectivity index is 0.00000280.